The van der Waals surface area contributed by atoms with Gasteiger partial charge in [-0.25, -0.2) is 0 Å². The van der Waals surface area contributed by atoms with E-state index in [4.69, 9.17) is 4.52 Å². The minimum Gasteiger partial charge on any atom is -0.406 e. The Morgan fingerprint density at radius 3 is 2.70 bits per heavy atom. The third-order valence-electron chi connectivity index (χ3n) is 3.50. The van der Waals surface area contributed by atoms with Crippen LogP contribution < -0.4 is 4.74 Å². The van der Waals surface area contributed by atoms with E-state index in [-0.39, 0.29) is 17.7 Å². The van der Waals surface area contributed by atoms with Crippen LogP contribution in [0.3, 0.4) is 0 Å². The highest BCUT2D eigenvalue weighted by Crippen LogP contribution is 2.31. The fraction of sp³-hybridized carbons (Fsp3) is 0.357. The van der Waals surface area contributed by atoms with Gasteiger partial charge in [-0.2, -0.15) is 4.98 Å². The molecule has 0 spiro atoms. The Labute approximate surface area is 128 Å². The van der Waals surface area contributed by atoms with Crippen molar-refractivity contribution in [3.63, 3.8) is 0 Å². The van der Waals surface area contributed by atoms with Crippen LogP contribution in [0.15, 0.2) is 28.8 Å². The molecule has 1 aromatic heterocycles. The van der Waals surface area contributed by atoms with E-state index in [1.807, 2.05) is 0 Å². The van der Waals surface area contributed by atoms with Crippen LogP contribution in [0.2, 0.25) is 0 Å². The number of rotatable bonds is 4. The number of hydrogen-bond acceptors (Lipinski definition) is 5. The van der Waals surface area contributed by atoms with Crippen LogP contribution in [0.1, 0.15) is 24.7 Å². The molecule has 2 aromatic rings. The molecule has 6 nitrogen and oxygen atoms in total. The maximum Gasteiger partial charge on any atom is 0.573 e. The number of amides is 1. The number of carbonyl (C=O) groups is 1. The van der Waals surface area contributed by atoms with Crippen LogP contribution in [-0.4, -0.2) is 34.4 Å². The van der Waals surface area contributed by atoms with Crippen molar-refractivity contribution in [3.8, 4) is 17.2 Å². The Balaban J connectivity index is 1.76. The molecule has 23 heavy (non-hydrogen) atoms. The minimum atomic E-state index is -4.74. The second-order valence-corrected chi connectivity index (χ2v) is 5.03. The maximum absolute atomic E-state index is 12.1. The van der Waals surface area contributed by atoms with E-state index >= 15 is 0 Å². The van der Waals surface area contributed by atoms with Gasteiger partial charge in [0.15, 0.2) is 5.82 Å². The summed E-state index contributed by atoms with van der Waals surface area (Å²) in [6, 6.07) is 4.90. The summed E-state index contributed by atoms with van der Waals surface area (Å²) in [6.07, 6.45) is -2.39. The average Bonchev–Trinajstić information content (AvgIpc) is 3.15. The largest absolute Gasteiger partial charge is 0.573 e. The van der Waals surface area contributed by atoms with E-state index in [1.165, 1.54) is 24.3 Å². The minimum absolute atomic E-state index is 0.177. The summed E-state index contributed by atoms with van der Waals surface area (Å²) in [4.78, 5) is 16.8. The quantitative estimate of drug-likeness (QED) is 0.808. The van der Waals surface area contributed by atoms with Gasteiger partial charge in [0.05, 0.1) is 6.04 Å². The Morgan fingerprint density at radius 2 is 2.04 bits per heavy atom. The molecular weight excluding hydrogens is 315 g/mol. The van der Waals surface area contributed by atoms with Gasteiger partial charge in [0.1, 0.15) is 5.75 Å². The molecule has 1 atom stereocenters. The molecule has 0 bridgehead atoms. The lowest BCUT2D eigenvalue weighted by molar-refractivity contribution is -0.274. The van der Waals surface area contributed by atoms with Crippen molar-refractivity contribution >= 4 is 6.41 Å². The van der Waals surface area contributed by atoms with E-state index < -0.39 is 6.36 Å². The van der Waals surface area contributed by atoms with Gasteiger partial charge in [-0.3, -0.25) is 4.79 Å². The third-order valence-corrected chi connectivity index (χ3v) is 3.50. The Kier molecular flexibility index (Phi) is 3.93. The number of ether oxygens (including phenoxy) is 1. The summed E-state index contributed by atoms with van der Waals surface area (Å²) < 4.78 is 45.3. The molecule has 1 aromatic carbocycles. The first-order valence-corrected chi connectivity index (χ1v) is 6.87. The first kappa shape index (κ1) is 15.3. The van der Waals surface area contributed by atoms with Crippen molar-refractivity contribution in [3.05, 3.63) is 30.1 Å². The van der Waals surface area contributed by atoms with Crippen LogP contribution in [0.25, 0.3) is 11.5 Å². The van der Waals surface area contributed by atoms with Crippen molar-refractivity contribution in [1.29, 1.82) is 0 Å². The molecule has 0 N–H and O–H groups in total. The van der Waals surface area contributed by atoms with Crippen LogP contribution >= 0.6 is 0 Å². The maximum atomic E-state index is 12.1. The molecule has 1 aliphatic rings. The lowest BCUT2D eigenvalue weighted by atomic mass is 10.2. The van der Waals surface area contributed by atoms with Crippen molar-refractivity contribution in [2.75, 3.05) is 6.54 Å². The second-order valence-electron chi connectivity index (χ2n) is 5.03. The van der Waals surface area contributed by atoms with Crippen LogP contribution in [0, 0.1) is 0 Å². The molecule has 0 saturated carbocycles. The van der Waals surface area contributed by atoms with Gasteiger partial charge in [0, 0.05) is 12.1 Å². The number of halogens is 3. The van der Waals surface area contributed by atoms with Crippen molar-refractivity contribution in [1.82, 2.24) is 15.0 Å². The molecule has 0 radical (unpaired) electrons. The highest BCUT2D eigenvalue weighted by atomic mass is 19.4. The average molecular weight is 327 g/mol. The zero-order chi connectivity index (χ0) is 16.4. The van der Waals surface area contributed by atoms with Gasteiger partial charge in [0.2, 0.25) is 6.41 Å². The Bertz CT molecular complexity index is 685. The van der Waals surface area contributed by atoms with Crippen molar-refractivity contribution in [2.24, 2.45) is 0 Å². The van der Waals surface area contributed by atoms with Gasteiger partial charge in [0.25, 0.3) is 5.89 Å². The van der Waals surface area contributed by atoms with E-state index in [0.717, 1.165) is 19.3 Å². The van der Waals surface area contributed by atoms with Gasteiger partial charge in [-0.1, -0.05) is 5.16 Å². The number of likely N-dealkylation sites (tertiary alicyclic amines) is 1. The Morgan fingerprint density at radius 1 is 1.30 bits per heavy atom. The summed E-state index contributed by atoms with van der Waals surface area (Å²) in [5, 5.41) is 3.86. The first-order valence-electron chi connectivity index (χ1n) is 6.87. The zero-order valence-corrected chi connectivity index (χ0v) is 11.8. The Hall–Kier alpha value is -2.58. The van der Waals surface area contributed by atoms with Crippen LogP contribution in [0.5, 0.6) is 5.75 Å². The lowest BCUT2D eigenvalue weighted by Crippen LogP contribution is -2.21. The summed E-state index contributed by atoms with van der Waals surface area (Å²) in [6.45, 7) is 0.640. The SMILES string of the molecule is O=CN1CCC[C@H]1c1noc(-c2ccc(OC(F)(F)F)cc2)n1. The van der Waals surface area contributed by atoms with Gasteiger partial charge >= 0.3 is 6.36 Å². The summed E-state index contributed by atoms with van der Waals surface area (Å²) in [7, 11) is 0. The van der Waals surface area contributed by atoms with Gasteiger partial charge < -0.3 is 14.2 Å². The van der Waals surface area contributed by atoms with Crippen molar-refractivity contribution < 1.29 is 27.2 Å². The van der Waals surface area contributed by atoms with Crippen molar-refractivity contribution in [2.45, 2.75) is 25.2 Å². The molecule has 1 amide bonds. The molecule has 1 saturated heterocycles. The fourth-order valence-corrected chi connectivity index (χ4v) is 2.48. The molecule has 1 fully saturated rings. The lowest BCUT2D eigenvalue weighted by Gasteiger charge is -2.15. The van der Waals surface area contributed by atoms with E-state index in [0.29, 0.717) is 17.9 Å². The number of benzene rings is 1. The van der Waals surface area contributed by atoms with E-state index in [1.54, 1.807) is 4.90 Å². The molecule has 0 aliphatic carbocycles. The molecular formula is C14H12F3N3O3. The second kappa shape index (κ2) is 5.90. The summed E-state index contributed by atoms with van der Waals surface area (Å²) >= 11 is 0. The zero-order valence-electron chi connectivity index (χ0n) is 11.8. The summed E-state index contributed by atoms with van der Waals surface area (Å²) in [5.41, 5.74) is 0.467. The topological polar surface area (TPSA) is 68.5 Å². The number of carbonyl (C=O) groups excluding carboxylic acids is 1. The number of aromatic nitrogens is 2. The first-order chi connectivity index (χ1) is 11.0. The number of alkyl halides is 3. The van der Waals surface area contributed by atoms with Crippen LogP contribution in [0.4, 0.5) is 13.2 Å². The van der Waals surface area contributed by atoms with Gasteiger partial charge in [-0.05, 0) is 37.1 Å². The fourth-order valence-electron chi connectivity index (χ4n) is 2.48. The predicted molar refractivity (Wildman–Crippen MR) is 71.2 cm³/mol. The predicted octanol–water partition coefficient (Wildman–Crippen LogP) is 2.93. The monoisotopic (exact) mass is 327 g/mol. The molecule has 2 heterocycles. The van der Waals surface area contributed by atoms with Gasteiger partial charge in [-0.15, -0.1) is 13.2 Å². The highest BCUT2D eigenvalue weighted by Gasteiger charge is 2.31. The molecule has 122 valence electrons. The van der Waals surface area contributed by atoms with Crippen LogP contribution in [-0.2, 0) is 4.79 Å². The molecule has 3 rings (SSSR count). The molecule has 1 aliphatic heterocycles. The number of nitrogens with zero attached hydrogens (tertiary/aromatic N) is 3. The number of hydrogen-bond donors (Lipinski definition) is 0. The molecule has 9 heteroatoms. The smallest absolute Gasteiger partial charge is 0.406 e. The summed E-state index contributed by atoms with van der Waals surface area (Å²) in [5.74, 6) is 0.237. The van der Waals surface area contributed by atoms with E-state index in [9.17, 15) is 18.0 Å². The molecule has 0 unspecified atom stereocenters. The highest BCUT2D eigenvalue weighted by molar-refractivity contribution is 5.54. The van der Waals surface area contributed by atoms with E-state index in [2.05, 4.69) is 14.9 Å². The normalized spacial score (nSPS) is 18.2. The standard InChI is InChI=1S/C14H12F3N3O3/c15-14(16,17)22-10-5-3-9(4-6-10)13-18-12(19-23-13)11-2-1-7-20(11)8-21/h3-6,8,11H,1-2,7H2/t11-/m0/s1. The third kappa shape index (κ3) is 3.43.